The average Bonchev–Trinajstić information content (AvgIpc) is 3.15. The van der Waals surface area contributed by atoms with E-state index in [1.54, 1.807) is 35.2 Å². The molecule has 8 heteroatoms. The van der Waals surface area contributed by atoms with Crippen molar-refractivity contribution in [1.82, 2.24) is 14.7 Å². The minimum Gasteiger partial charge on any atom is -0.390 e. The first kappa shape index (κ1) is 23.6. The van der Waals surface area contributed by atoms with E-state index in [4.69, 9.17) is 4.74 Å². The smallest absolute Gasteiger partial charge is 0.254 e. The normalized spacial score (nSPS) is 28.2. The molecular weight excluding hydrogens is 461 g/mol. The largest absolute Gasteiger partial charge is 0.390 e. The highest BCUT2D eigenvalue weighted by molar-refractivity contribution is 5.98. The first-order chi connectivity index (χ1) is 17.5. The van der Waals surface area contributed by atoms with Crippen LogP contribution in [0.3, 0.4) is 0 Å². The van der Waals surface area contributed by atoms with E-state index in [0.717, 1.165) is 24.0 Å². The SMILES string of the molecule is O=C(c1ccc(C(=O)N2C3CCC2COC3)cc1)N1CC[C@H](N2CCc3c(F)cccc3C2)[C@@H](O)C1. The Labute approximate surface area is 210 Å². The molecule has 2 unspecified atom stereocenters. The summed E-state index contributed by atoms with van der Waals surface area (Å²) in [7, 11) is 0. The Bertz CT molecular complexity index is 1140. The lowest BCUT2D eigenvalue weighted by molar-refractivity contribution is -0.0139. The lowest BCUT2D eigenvalue weighted by Crippen LogP contribution is -2.56. The number of β-amino-alcohol motifs (C(OH)–C–C–N with tert-alkyl or cyclic N) is 1. The Balaban J connectivity index is 1.08. The third kappa shape index (κ3) is 4.21. The summed E-state index contributed by atoms with van der Waals surface area (Å²) in [4.78, 5) is 32.1. The highest BCUT2D eigenvalue weighted by Gasteiger charge is 2.41. The van der Waals surface area contributed by atoms with E-state index in [-0.39, 0.29) is 42.3 Å². The Morgan fingerprint density at radius 2 is 1.61 bits per heavy atom. The predicted octanol–water partition coefficient (Wildman–Crippen LogP) is 2.46. The first-order valence-electron chi connectivity index (χ1n) is 13.0. The van der Waals surface area contributed by atoms with Crippen LogP contribution in [0.5, 0.6) is 0 Å². The van der Waals surface area contributed by atoms with Gasteiger partial charge in [0.1, 0.15) is 5.82 Å². The number of nitrogens with zero attached hydrogens (tertiary/aromatic N) is 3. The molecule has 0 spiro atoms. The van der Waals surface area contributed by atoms with Crippen LogP contribution in [0.25, 0.3) is 0 Å². The van der Waals surface area contributed by atoms with Gasteiger partial charge in [0.15, 0.2) is 0 Å². The minimum absolute atomic E-state index is 0.00372. The summed E-state index contributed by atoms with van der Waals surface area (Å²) in [6.45, 7) is 3.31. The van der Waals surface area contributed by atoms with Crippen LogP contribution in [0, 0.1) is 5.82 Å². The number of halogens is 1. The standard InChI is InChI=1S/C28H32FN3O4/c29-24-3-1-2-20-14-30(12-10-23(20)24)25-11-13-31(15-26(25)33)27(34)18-4-6-19(7-5-18)28(35)32-21-8-9-22(32)17-36-16-21/h1-7,21-22,25-26,33H,8-17H2/t21?,22?,25-,26-/m0/s1. The van der Waals surface area contributed by atoms with Gasteiger partial charge in [0, 0.05) is 43.3 Å². The molecule has 7 nitrogen and oxygen atoms in total. The number of likely N-dealkylation sites (tertiary alicyclic amines) is 1. The first-order valence-corrected chi connectivity index (χ1v) is 13.0. The number of carbonyl (C=O) groups excluding carboxylic acids is 2. The molecule has 1 N–H and O–H groups in total. The fourth-order valence-electron chi connectivity index (χ4n) is 6.44. The van der Waals surface area contributed by atoms with Crippen molar-refractivity contribution in [1.29, 1.82) is 0 Å². The molecule has 0 saturated carbocycles. The highest BCUT2D eigenvalue weighted by atomic mass is 19.1. The van der Waals surface area contributed by atoms with Gasteiger partial charge in [0.05, 0.1) is 31.4 Å². The number of piperidine rings is 1. The van der Waals surface area contributed by atoms with Crippen molar-refractivity contribution in [2.24, 2.45) is 0 Å². The van der Waals surface area contributed by atoms with Crippen LogP contribution in [0.2, 0.25) is 0 Å². The molecule has 2 aromatic carbocycles. The van der Waals surface area contributed by atoms with E-state index >= 15 is 0 Å². The average molecular weight is 494 g/mol. The lowest BCUT2D eigenvalue weighted by Gasteiger charge is -2.43. The third-order valence-electron chi connectivity index (χ3n) is 8.39. The molecular formula is C28H32FN3O4. The molecule has 2 amide bonds. The van der Waals surface area contributed by atoms with E-state index in [2.05, 4.69) is 4.90 Å². The van der Waals surface area contributed by atoms with Gasteiger partial charge in [-0.15, -0.1) is 0 Å². The number of fused-ring (bicyclic) bond motifs is 3. The van der Waals surface area contributed by atoms with Crippen molar-refractivity contribution in [3.8, 4) is 0 Å². The molecule has 3 saturated heterocycles. The summed E-state index contributed by atoms with van der Waals surface area (Å²) in [5.41, 5.74) is 2.86. The summed E-state index contributed by atoms with van der Waals surface area (Å²) in [5, 5.41) is 10.9. The maximum absolute atomic E-state index is 14.1. The number of amides is 2. The van der Waals surface area contributed by atoms with Crippen LogP contribution >= 0.6 is 0 Å². The fraction of sp³-hybridized carbons (Fsp3) is 0.500. The van der Waals surface area contributed by atoms with Gasteiger partial charge in [0.2, 0.25) is 0 Å². The van der Waals surface area contributed by atoms with Gasteiger partial charge in [-0.2, -0.15) is 0 Å². The maximum atomic E-state index is 14.1. The predicted molar refractivity (Wildman–Crippen MR) is 131 cm³/mol. The summed E-state index contributed by atoms with van der Waals surface area (Å²) < 4.78 is 19.7. The number of ether oxygens (including phenoxy) is 1. The van der Waals surface area contributed by atoms with Gasteiger partial charge in [-0.1, -0.05) is 12.1 Å². The van der Waals surface area contributed by atoms with Crippen molar-refractivity contribution in [3.63, 3.8) is 0 Å². The molecule has 4 aliphatic rings. The van der Waals surface area contributed by atoms with Crippen LogP contribution in [0.4, 0.5) is 4.39 Å². The second-order valence-corrected chi connectivity index (χ2v) is 10.5. The molecule has 0 radical (unpaired) electrons. The number of morpholine rings is 1. The number of hydrogen-bond acceptors (Lipinski definition) is 5. The number of rotatable bonds is 3. The molecule has 190 valence electrons. The zero-order valence-corrected chi connectivity index (χ0v) is 20.3. The zero-order valence-electron chi connectivity index (χ0n) is 20.3. The van der Waals surface area contributed by atoms with E-state index in [1.807, 2.05) is 11.0 Å². The zero-order chi connectivity index (χ0) is 24.8. The van der Waals surface area contributed by atoms with Gasteiger partial charge >= 0.3 is 0 Å². The van der Waals surface area contributed by atoms with E-state index < -0.39 is 6.10 Å². The summed E-state index contributed by atoms with van der Waals surface area (Å²) >= 11 is 0. The van der Waals surface area contributed by atoms with Crippen LogP contribution in [0.15, 0.2) is 42.5 Å². The van der Waals surface area contributed by atoms with E-state index in [0.29, 0.717) is 56.8 Å². The molecule has 0 aliphatic carbocycles. The van der Waals surface area contributed by atoms with E-state index in [1.165, 1.54) is 6.07 Å². The molecule has 6 rings (SSSR count). The molecule has 36 heavy (non-hydrogen) atoms. The minimum atomic E-state index is -0.671. The number of aliphatic hydroxyl groups is 1. The van der Waals surface area contributed by atoms with Crippen LogP contribution in [0.1, 0.15) is 51.1 Å². The van der Waals surface area contributed by atoms with Gasteiger partial charge in [-0.25, -0.2) is 4.39 Å². The highest BCUT2D eigenvalue weighted by Crippen LogP contribution is 2.31. The van der Waals surface area contributed by atoms with Gasteiger partial charge in [0.25, 0.3) is 11.8 Å². The monoisotopic (exact) mass is 493 g/mol. The second-order valence-electron chi connectivity index (χ2n) is 10.5. The van der Waals surface area contributed by atoms with Gasteiger partial charge < -0.3 is 19.6 Å². The Kier molecular flexibility index (Phi) is 6.27. The van der Waals surface area contributed by atoms with Gasteiger partial charge in [-0.3, -0.25) is 14.5 Å². The Morgan fingerprint density at radius 1 is 0.917 bits per heavy atom. The quantitative estimate of drug-likeness (QED) is 0.711. The molecule has 2 bridgehead atoms. The third-order valence-corrected chi connectivity index (χ3v) is 8.39. The van der Waals surface area contributed by atoms with Gasteiger partial charge in [-0.05, 0) is 67.1 Å². The number of aliphatic hydroxyl groups excluding tert-OH is 1. The van der Waals surface area contributed by atoms with Crippen molar-refractivity contribution >= 4 is 11.8 Å². The molecule has 4 heterocycles. The summed E-state index contributed by atoms with van der Waals surface area (Å²) in [6, 6.07) is 12.3. The van der Waals surface area contributed by atoms with E-state index in [9.17, 15) is 19.1 Å². The second kappa shape index (κ2) is 9.57. The summed E-state index contributed by atoms with van der Waals surface area (Å²) in [5.74, 6) is -0.286. The fourth-order valence-corrected chi connectivity index (χ4v) is 6.44. The van der Waals surface area contributed by atoms with Crippen LogP contribution in [-0.4, -0.2) is 88.7 Å². The van der Waals surface area contributed by atoms with Crippen molar-refractivity contribution < 1.29 is 23.8 Å². The van der Waals surface area contributed by atoms with Crippen LogP contribution < -0.4 is 0 Å². The lowest BCUT2D eigenvalue weighted by atomic mass is 9.93. The molecule has 4 atom stereocenters. The summed E-state index contributed by atoms with van der Waals surface area (Å²) in [6.07, 6.45) is 2.58. The van der Waals surface area contributed by atoms with Crippen molar-refractivity contribution in [3.05, 3.63) is 70.5 Å². The Morgan fingerprint density at radius 3 is 2.31 bits per heavy atom. The van der Waals surface area contributed by atoms with Crippen molar-refractivity contribution in [2.75, 3.05) is 32.8 Å². The number of benzene rings is 2. The number of hydrogen-bond donors (Lipinski definition) is 1. The maximum Gasteiger partial charge on any atom is 0.254 e. The molecule has 4 aliphatic heterocycles. The van der Waals surface area contributed by atoms with Crippen molar-refractivity contribution in [2.45, 2.75) is 56.5 Å². The van der Waals surface area contributed by atoms with Crippen LogP contribution in [-0.2, 0) is 17.7 Å². The molecule has 0 aromatic heterocycles. The Hall–Kier alpha value is -2.81. The number of carbonyl (C=O) groups is 2. The molecule has 2 aromatic rings. The molecule has 3 fully saturated rings. The topological polar surface area (TPSA) is 73.3 Å².